The van der Waals surface area contributed by atoms with Crippen LogP contribution < -0.4 is 10.0 Å². The van der Waals surface area contributed by atoms with Crippen LogP contribution in [0.25, 0.3) is 44.6 Å². The number of sulfonamides is 1. The van der Waals surface area contributed by atoms with Crippen LogP contribution >= 0.6 is 11.6 Å². The van der Waals surface area contributed by atoms with Gasteiger partial charge in [-0.05, 0) is 67.3 Å². The van der Waals surface area contributed by atoms with E-state index in [0.29, 0.717) is 17.0 Å². The Labute approximate surface area is 384 Å². The maximum atomic E-state index is 15.6. The first-order chi connectivity index (χ1) is 31.3. The quantitative estimate of drug-likeness (QED) is 0.102. The Hall–Kier alpha value is -6.19. The highest BCUT2D eigenvalue weighted by Gasteiger charge is 2.68. The van der Waals surface area contributed by atoms with Gasteiger partial charge >= 0.3 is 12.4 Å². The average Bonchev–Trinajstić information content (AvgIpc) is 3.72. The molecule has 2 N–H and O–H groups in total. The summed E-state index contributed by atoms with van der Waals surface area (Å²) in [4.78, 5) is 18.9. The number of nitrogens with one attached hydrogen (secondary N) is 2. The fourth-order valence-electron chi connectivity index (χ4n) is 8.05. The van der Waals surface area contributed by atoms with Crippen LogP contribution in [0, 0.1) is 29.4 Å². The fourth-order valence-corrected chi connectivity index (χ4v) is 9.02. The molecule has 0 bridgehead atoms. The van der Waals surface area contributed by atoms with E-state index in [2.05, 4.69) is 32.3 Å². The summed E-state index contributed by atoms with van der Waals surface area (Å²) in [5, 5.41) is 9.11. The number of anilines is 1. The molecule has 3 heterocycles. The lowest BCUT2D eigenvalue weighted by molar-refractivity contribution is -0.142. The molecule has 68 heavy (non-hydrogen) atoms. The maximum absolute atomic E-state index is 15.6. The van der Waals surface area contributed by atoms with Crippen molar-refractivity contribution in [1.82, 2.24) is 29.9 Å². The molecule has 12 nitrogen and oxygen atoms in total. The Balaban J connectivity index is 1.45. The second kappa shape index (κ2) is 16.2. The molecule has 0 spiro atoms. The van der Waals surface area contributed by atoms with Crippen LogP contribution in [0.4, 0.5) is 49.7 Å². The van der Waals surface area contributed by atoms with E-state index >= 15 is 8.78 Å². The number of aromatic nitrogens is 5. The molecular formula is C43H32ClF10N7O5S2. The van der Waals surface area contributed by atoms with Crippen LogP contribution in [0.3, 0.4) is 0 Å². The summed E-state index contributed by atoms with van der Waals surface area (Å²) in [7, 11) is -8.17. The van der Waals surface area contributed by atoms with Gasteiger partial charge < -0.3 is 5.32 Å². The van der Waals surface area contributed by atoms with E-state index in [1.54, 1.807) is 0 Å². The summed E-state index contributed by atoms with van der Waals surface area (Å²) >= 11 is 6.56. The first-order valence-corrected chi connectivity index (χ1v) is 23.9. The highest BCUT2D eigenvalue weighted by molar-refractivity contribution is 7.92. The number of nitrogens with zero attached hydrogens (tertiary/aromatic N) is 5. The maximum Gasteiger partial charge on any atom is 0.435 e. The Kier molecular flexibility index (Phi) is 11.5. The number of pyridine rings is 1. The minimum atomic E-state index is -5.21. The van der Waals surface area contributed by atoms with Crippen molar-refractivity contribution in [3.05, 3.63) is 105 Å². The van der Waals surface area contributed by atoms with Crippen molar-refractivity contribution in [2.75, 3.05) is 17.2 Å². The Bertz CT molecular complexity index is 3450. The number of rotatable bonds is 10. The number of benzene rings is 3. The van der Waals surface area contributed by atoms with E-state index < -0.39 is 125 Å². The average molecular weight is 1020 g/mol. The van der Waals surface area contributed by atoms with Gasteiger partial charge in [0.05, 0.1) is 33.6 Å². The molecule has 0 saturated heterocycles. The normalized spacial score (nSPS) is 17.2. The van der Waals surface area contributed by atoms with Gasteiger partial charge in [-0.2, -0.15) is 45.3 Å². The fraction of sp³-hybridized carbons (Fsp3) is 0.302. The molecule has 2 atom stereocenters. The minimum absolute atomic E-state index is 0.0316. The van der Waals surface area contributed by atoms with Crippen molar-refractivity contribution >= 4 is 76.6 Å². The molecule has 1 saturated carbocycles. The van der Waals surface area contributed by atoms with E-state index in [4.69, 9.17) is 11.6 Å². The number of hydrogen-bond donors (Lipinski definition) is 2. The Morgan fingerprint density at radius 1 is 0.941 bits per heavy atom. The van der Waals surface area contributed by atoms with Gasteiger partial charge in [-0.3, -0.25) is 18.9 Å². The highest BCUT2D eigenvalue weighted by atomic mass is 35.5. The van der Waals surface area contributed by atoms with Crippen LogP contribution in [0.5, 0.6) is 0 Å². The SMILES string of the molecule is CC(C)(C#Cc1nc(/C(=C/c2cc(F)cc(F)c2)NC(=O)Cn2nc(C(F)(F)F)c3c2C(F)(F)[C@@H]2C[C@H]32)c(-c2ccc(Cl)c3c(NS(C)(=O)=O)nn(CC(F)(F)F)c23)c2ccccc12)S(C)(=O)=O. The summed E-state index contributed by atoms with van der Waals surface area (Å²) < 4.78 is 198. The second-order valence-corrected chi connectivity index (χ2v) is 21.4. The summed E-state index contributed by atoms with van der Waals surface area (Å²) in [6, 6.07) is 10.2. The van der Waals surface area contributed by atoms with Crippen molar-refractivity contribution in [1.29, 1.82) is 0 Å². The summed E-state index contributed by atoms with van der Waals surface area (Å²) in [6.45, 7) is -0.622. The lowest BCUT2D eigenvalue weighted by Gasteiger charge is -2.20. The standard InChI is InChI=1S/C43H32ClF10N7O5S2/c1-40(2,67(3,63)64)12-11-29-23-7-5-6-8-24(23)32(25-9-10-28(44)34-36(25)61(19-41(47,48)49)58-39(34)59-68(4,65)66)35(56-29)30(15-20-13-21(45)16-22(46)14-20)55-31(62)18-60-38-33(37(57-60)43(52,53)54)26-17-27(26)42(38,50)51/h5-10,13-16,26-27H,17-19H2,1-4H3,(H,55,62)(H,58,59)/b30-15-/t26-,27+/m0/s1. The largest absolute Gasteiger partial charge is 0.435 e. The molecule has 0 aliphatic heterocycles. The topological polar surface area (TPSA) is 158 Å². The molecule has 0 unspecified atom stereocenters. The molecule has 3 aromatic heterocycles. The van der Waals surface area contributed by atoms with Crippen LogP contribution in [0.1, 0.15) is 60.1 Å². The number of hydrogen-bond acceptors (Lipinski definition) is 8. The zero-order valence-electron chi connectivity index (χ0n) is 35.3. The van der Waals surface area contributed by atoms with E-state index in [1.165, 1.54) is 50.2 Å². The smallest absolute Gasteiger partial charge is 0.323 e. The predicted molar refractivity (Wildman–Crippen MR) is 230 cm³/mol. The predicted octanol–water partition coefficient (Wildman–Crippen LogP) is 9.03. The van der Waals surface area contributed by atoms with E-state index in [9.17, 15) is 56.8 Å². The van der Waals surface area contributed by atoms with Crippen molar-refractivity contribution in [3.63, 3.8) is 0 Å². The first kappa shape index (κ1) is 48.3. The highest BCUT2D eigenvalue weighted by Crippen LogP contribution is 2.68. The van der Waals surface area contributed by atoms with Crippen molar-refractivity contribution in [2.24, 2.45) is 5.92 Å². The molecule has 0 radical (unpaired) electrons. The summed E-state index contributed by atoms with van der Waals surface area (Å²) in [5.74, 6) is -5.50. The molecular weight excluding hydrogens is 984 g/mol. The first-order valence-electron chi connectivity index (χ1n) is 19.8. The third-order valence-corrected chi connectivity index (χ3v) is 14.1. The van der Waals surface area contributed by atoms with Gasteiger partial charge in [-0.1, -0.05) is 47.9 Å². The minimum Gasteiger partial charge on any atom is -0.323 e. The van der Waals surface area contributed by atoms with E-state index in [-0.39, 0.29) is 54.7 Å². The van der Waals surface area contributed by atoms with Gasteiger partial charge in [0.15, 0.2) is 21.3 Å². The summed E-state index contributed by atoms with van der Waals surface area (Å²) in [6.07, 6.45) is -7.97. The lowest BCUT2D eigenvalue weighted by Crippen LogP contribution is -2.30. The number of sulfone groups is 1. The van der Waals surface area contributed by atoms with Gasteiger partial charge in [-0.25, -0.2) is 30.6 Å². The third-order valence-electron chi connectivity index (χ3n) is 11.3. The monoisotopic (exact) mass is 1020 g/mol. The number of alkyl halides is 8. The van der Waals surface area contributed by atoms with Crippen molar-refractivity contribution < 1.29 is 65.5 Å². The van der Waals surface area contributed by atoms with Crippen molar-refractivity contribution in [2.45, 2.75) is 62.3 Å². The van der Waals surface area contributed by atoms with Gasteiger partial charge in [0.25, 0.3) is 5.92 Å². The summed E-state index contributed by atoms with van der Waals surface area (Å²) in [5.41, 5.74) is -6.26. The van der Waals surface area contributed by atoms with E-state index in [1.807, 2.05) is 4.72 Å². The number of carbonyl (C=O) groups excluding carboxylic acids is 1. The van der Waals surface area contributed by atoms with Crippen LogP contribution in [-0.4, -0.2) is 70.7 Å². The molecule has 1 amide bonds. The lowest BCUT2D eigenvalue weighted by atomic mass is 9.92. The number of halogens is 11. The molecule has 25 heteroatoms. The van der Waals surface area contributed by atoms with Gasteiger partial charge in [0.2, 0.25) is 15.9 Å². The van der Waals surface area contributed by atoms with Gasteiger partial charge in [-0.15, -0.1) is 0 Å². The van der Waals surface area contributed by atoms with E-state index in [0.717, 1.165) is 24.5 Å². The number of carbonyl (C=O) groups is 1. The molecule has 1 fully saturated rings. The number of fused-ring (bicyclic) bond motifs is 5. The van der Waals surface area contributed by atoms with Gasteiger partial charge in [0.1, 0.15) is 40.9 Å². The second-order valence-electron chi connectivity index (χ2n) is 16.7. The number of amides is 1. The third kappa shape index (κ3) is 9.10. The molecule has 8 rings (SSSR count). The van der Waals surface area contributed by atoms with Crippen LogP contribution in [0.2, 0.25) is 5.02 Å². The zero-order valence-corrected chi connectivity index (χ0v) is 37.7. The van der Waals surface area contributed by atoms with Crippen LogP contribution in [-0.2, 0) is 49.8 Å². The Morgan fingerprint density at radius 2 is 1.59 bits per heavy atom. The zero-order chi connectivity index (χ0) is 49.8. The molecule has 358 valence electrons. The molecule has 2 aliphatic carbocycles. The van der Waals surface area contributed by atoms with Gasteiger partial charge in [0, 0.05) is 40.3 Å². The van der Waals surface area contributed by atoms with Crippen LogP contribution in [0.15, 0.2) is 54.6 Å². The molecule has 2 aliphatic rings. The Morgan fingerprint density at radius 3 is 2.19 bits per heavy atom. The molecule has 6 aromatic rings. The van der Waals surface area contributed by atoms with Crippen molar-refractivity contribution in [3.8, 4) is 23.0 Å². The molecule has 3 aromatic carbocycles.